The lowest BCUT2D eigenvalue weighted by atomic mass is 9.90. The molecule has 3 aromatic rings. The van der Waals surface area contributed by atoms with Gasteiger partial charge >= 0.3 is 0 Å². The van der Waals surface area contributed by atoms with E-state index in [2.05, 4.69) is 50.7 Å². The van der Waals surface area contributed by atoms with Crippen molar-refractivity contribution in [2.75, 3.05) is 30.4 Å². The van der Waals surface area contributed by atoms with Crippen LogP contribution in [0, 0.1) is 5.92 Å². The van der Waals surface area contributed by atoms with Gasteiger partial charge in [-0.25, -0.2) is 0 Å². The summed E-state index contributed by atoms with van der Waals surface area (Å²) in [6, 6.07) is 21.5. The SMILES string of the molecule is COc1ccc(NC(=O)c2ccc(N3CCC(Cc4ccccc4)CC3)nn2)cc1. The molecule has 154 valence electrons. The van der Waals surface area contributed by atoms with E-state index < -0.39 is 0 Å². The fraction of sp³-hybridized carbons (Fsp3) is 0.292. The molecule has 2 heterocycles. The number of piperidine rings is 1. The molecular formula is C24H26N4O2. The first-order chi connectivity index (χ1) is 14.7. The minimum Gasteiger partial charge on any atom is -0.497 e. The number of methoxy groups -OCH3 is 1. The number of anilines is 2. The van der Waals surface area contributed by atoms with E-state index >= 15 is 0 Å². The molecule has 2 aromatic carbocycles. The highest BCUT2D eigenvalue weighted by Crippen LogP contribution is 2.24. The average molecular weight is 402 g/mol. The summed E-state index contributed by atoms with van der Waals surface area (Å²) < 4.78 is 5.13. The zero-order valence-electron chi connectivity index (χ0n) is 17.1. The van der Waals surface area contributed by atoms with Gasteiger partial charge in [0.25, 0.3) is 5.91 Å². The van der Waals surface area contributed by atoms with Crippen molar-refractivity contribution in [1.82, 2.24) is 10.2 Å². The summed E-state index contributed by atoms with van der Waals surface area (Å²) in [7, 11) is 1.61. The lowest BCUT2D eigenvalue weighted by Crippen LogP contribution is -2.35. The number of nitrogens with one attached hydrogen (secondary N) is 1. The van der Waals surface area contributed by atoms with Gasteiger partial charge in [-0.1, -0.05) is 30.3 Å². The fourth-order valence-electron chi connectivity index (χ4n) is 3.80. The van der Waals surface area contributed by atoms with E-state index in [1.807, 2.05) is 6.07 Å². The Hall–Kier alpha value is -3.41. The molecule has 0 aliphatic carbocycles. The first-order valence-corrected chi connectivity index (χ1v) is 10.3. The molecule has 0 radical (unpaired) electrons. The minimum atomic E-state index is -0.277. The molecule has 1 fully saturated rings. The number of carbonyl (C=O) groups excluding carboxylic acids is 1. The maximum absolute atomic E-state index is 12.4. The van der Waals surface area contributed by atoms with Gasteiger partial charge in [-0.3, -0.25) is 4.79 Å². The molecule has 30 heavy (non-hydrogen) atoms. The van der Waals surface area contributed by atoms with Crippen molar-refractivity contribution >= 4 is 17.4 Å². The summed E-state index contributed by atoms with van der Waals surface area (Å²) in [6.45, 7) is 1.92. The molecule has 6 nitrogen and oxygen atoms in total. The van der Waals surface area contributed by atoms with Crippen LogP contribution in [0.1, 0.15) is 28.9 Å². The lowest BCUT2D eigenvalue weighted by Gasteiger charge is -2.32. The second-order valence-corrected chi connectivity index (χ2v) is 7.58. The van der Waals surface area contributed by atoms with E-state index in [0.717, 1.165) is 43.9 Å². The van der Waals surface area contributed by atoms with Crippen molar-refractivity contribution < 1.29 is 9.53 Å². The van der Waals surface area contributed by atoms with Crippen LogP contribution in [-0.4, -0.2) is 36.3 Å². The molecule has 0 bridgehead atoms. The van der Waals surface area contributed by atoms with E-state index in [9.17, 15) is 4.79 Å². The number of carbonyl (C=O) groups is 1. The molecule has 1 amide bonds. The number of ether oxygens (including phenoxy) is 1. The normalized spacial score (nSPS) is 14.4. The molecule has 1 N–H and O–H groups in total. The Morgan fingerprint density at radius 1 is 1.00 bits per heavy atom. The zero-order valence-corrected chi connectivity index (χ0v) is 17.1. The number of hydrogen-bond donors (Lipinski definition) is 1. The third-order valence-corrected chi connectivity index (χ3v) is 5.54. The molecule has 0 spiro atoms. The first kappa shape index (κ1) is 19.9. The predicted octanol–water partition coefficient (Wildman–Crippen LogP) is 4.20. The van der Waals surface area contributed by atoms with Gasteiger partial charge in [0, 0.05) is 18.8 Å². The molecule has 1 aliphatic heterocycles. The van der Waals surface area contributed by atoms with Crippen LogP contribution in [0.5, 0.6) is 5.75 Å². The van der Waals surface area contributed by atoms with Crippen molar-refractivity contribution in [3.8, 4) is 5.75 Å². The van der Waals surface area contributed by atoms with Crippen LogP contribution in [0.25, 0.3) is 0 Å². The van der Waals surface area contributed by atoms with Crippen molar-refractivity contribution in [3.63, 3.8) is 0 Å². The Bertz CT molecular complexity index is 951. The zero-order chi connectivity index (χ0) is 20.8. The Labute approximate surface area is 176 Å². The van der Waals surface area contributed by atoms with Gasteiger partial charge in [-0.05, 0) is 67.1 Å². The van der Waals surface area contributed by atoms with Crippen molar-refractivity contribution in [1.29, 1.82) is 0 Å². The molecule has 0 saturated carbocycles. The van der Waals surface area contributed by atoms with Gasteiger partial charge in [-0.2, -0.15) is 0 Å². The van der Waals surface area contributed by atoms with Crippen LogP contribution < -0.4 is 15.0 Å². The highest BCUT2D eigenvalue weighted by Gasteiger charge is 2.21. The summed E-state index contributed by atoms with van der Waals surface area (Å²) >= 11 is 0. The van der Waals surface area contributed by atoms with Crippen molar-refractivity contribution in [2.45, 2.75) is 19.3 Å². The van der Waals surface area contributed by atoms with Crippen LogP contribution in [0.15, 0.2) is 66.7 Å². The average Bonchev–Trinajstić information content (AvgIpc) is 2.81. The Morgan fingerprint density at radius 2 is 1.73 bits per heavy atom. The topological polar surface area (TPSA) is 67.3 Å². The number of aromatic nitrogens is 2. The molecular weight excluding hydrogens is 376 g/mol. The first-order valence-electron chi connectivity index (χ1n) is 10.3. The van der Waals surface area contributed by atoms with E-state index in [4.69, 9.17) is 4.74 Å². The second kappa shape index (κ2) is 9.39. The summed E-state index contributed by atoms with van der Waals surface area (Å²) in [5.74, 6) is 1.99. The van der Waals surface area contributed by atoms with Crippen molar-refractivity contribution in [2.24, 2.45) is 5.92 Å². The summed E-state index contributed by atoms with van der Waals surface area (Å²) in [4.78, 5) is 14.7. The summed E-state index contributed by atoms with van der Waals surface area (Å²) in [5.41, 5.74) is 2.39. The number of nitrogens with zero attached hydrogens (tertiary/aromatic N) is 3. The predicted molar refractivity (Wildman–Crippen MR) is 118 cm³/mol. The third-order valence-electron chi connectivity index (χ3n) is 5.54. The number of rotatable bonds is 6. The number of benzene rings is 2. The maximum atomic E-state index is 12.4. The molecule has 1 aliphatic rings. The standard InChI is InChI=1S/C24H26N4O2/c1-30-21-9-7-20(8-10-21)25-24(29)22-11-12-23(27-26-22)28-15-13-19(14-16-28)17-18-5-3-2-4-6-18/h2-12,19H,13-17H2,1H3,(H,25,29). The van der Waals surface area contributed by atoms with E-state index in [-0.39, 0.29) is 5.91 Å². The Kier molecular flexibility index (Phi) is 6.23. The van der Waals surface area contributed by atoms with Crippen LogP contribution in [0.3, 0.4) is 0 Å². The minimum absolute atomic E-state index is 0.277. The van der Waals surface area contributed by atoms with Gasteiger partial charge in [0.05, 0.1) is 7.11 Å². The molecule has 1 aromatic heterocycles. The van der Waals surface area contributed by atoms with E-state index in [1.165, 1.54) is 5.56 Å². The summed E-state index contributed by atoms with van der Waals surface area (Å²) in [6.07, 6.45) is 3.40. The number of hydrogen-bond acceptors (Lipinski definition) is 5. The van der Waals surface area contributed by atoms with Crippen LogP contribution in [-0.2, 0) is 6.42 Å². The van der Waals surface area contributed by atoms with Crippen LogP contribution >= 0.6 is 0 Å². The quantitative estimate of drug-likeness (QED) is 0.669. The fourth-order valence-corrected chi connectivity index (χ4v) is 3.80. The van der Waals surface area contributed by atoms with Gasteiger partial charge < -0.3 is 15.0 Å². The Balaban J connectivity index is 1.30. The van der Waals surface area contributed by atoms with Gasteiger partial charge in [0.15, 0.2) is 11.5 Å². The molecule has 0 unspecified atom stereocenters. The highest BCUT2D eigenvalue weighted by atomic mass is 16.5. The third kappa shape index (κ3) is 4.95. The lowest BCUT2D eigenvalue weighted by molar-refractivity contribution is 0.102. The highest BCUT2D eigenvalue weighted by molar-refractivity contribution is 6.02. The number of amides is 1. The van der Waals surface area contributed by atoms with Crippen LogP contribution in [0.2, 0.25) is 0 Å². The van der Waals surface area contributed by atoms with Gasteiger partial charge in [0.2, 0.25) is 0 Å². The maximum Gasteiger partial charge on any atom is 0.276 e. The van der Waals surface area contributed by atoms with Crippen LogP contribution in [0.4, 0.5) is 11.5 Å². The molecule has 1 saturated heterocycles. The Morgan fingerprint density at radius 3 is 2.37 bits per heavy atom. The second-order valence-electron chi connectivity index (χ2n) is 7.58. The smallest absolute Gasteiger partial charge is 0.276 e. The van der Waals surface area contributed by atoms with E-state index in [0.29, 0.717) is 17.3 Å². The molecule has 0 atom stereocenters. The summed E-state index contributed by atoms with van der Waals surface area (Å²) in [5, 5.41) is 11.3. The van der Waals surface area contributed by atoms with Crippen molar-refractivity contribution in [3.05, 3.63) is 78.0 Å². The van der Waals surface area contributed by atoms with E-state index in [1.54, 1.807) is 37.4 Å². The van der Waals surface area contributed by atoms with Gasteiger partial charge in [0.1, 0.15) is 5.75 Å². The largest absolute Gasteiger partial charge is 0.497 e. The van der Waals surface area contributed by atoms with Gasteiger partial charge in [-0.15, -0.1) is 10.2 Å². The molecule has 6 heteroatoms. The molecule has 4 rings (SSSR count). The monoisotopic (exact) mass is 402 g/mol.